The van der Waals surface area contributed by atoms with Crippen LogP contribution in [0.4, 0.5) is 0 Å². The van der Waals surface area contributed by atoms with Gasteiger partial charge in [0.05, 0.1) is 19.0 Å². The SMILES string of the molecule is COC(=O)c1cc2c(ncn2C2CCCCC2)s1. The molecule has 0 amide bonds. The van der Waals surface area contributed by atoms with Gasteiger partial charge in [-0.15, -0.1) is 11.3 Å². The van der Waals surface area contributed by atoms with Crippen molar-refractivity contribution in [1.29, 1.82) is 0 Å². The van der Waals surface area contributed by atoms with E-state index < -0.39 is 0 Å². The number of rotatable bonds is 2. The van der Waals surface area contributed by atoms with Crippen molar-refractivity contribution in [3.05, 3.63) is 17.3 Å². The lowest BCUT2D eigenvalue weighted by Gasteiger charge is -2.23. The summed E-state index contributed by atoms with van der Waals surface area (Å²) in [6, 6.07) is 2.46. The van der Waals surface area contributed by atoms with Gasteiger partial charge in [-0.3, -0.25) is 0 Å². The Morgan fingerprint density at radius 3 is 2.94 bits per heavy atom. The normalized spacial score (nSPS) is 17.2. The minimum Gasteiger partial charge on any atom is -0.465 e. The maximum atomic E-state index is 11.5. The van der Waals surface area contributed by atoms with Gasteiger partial charge < -0.3 is 9.30 Å². The van der Waals surface area contributed by atoms with E-state index in [2.05, 4.69) is 9.55 Å². The fourth-order valence-corrected chi connectivity index (χ4v) is 3.59. The molecule has 0 saturated heterocycles. The zero-order valence-corrected chi connectivity index (χ0v) is 11.2. The number of hydrogen-bond donors (Lipinski definition) is 0. The molecule has 2 aromatic rings. The van der Waals surface area contributed by atoms with Crippen LogP contribution in [0.1, 0.15) is 47.8 Å². The van der Waals surface area contributed by atoms with Crippen LogP contribution < -0.4 is 0 Å². The highest BCUT2D eigenvalue weighted by Crippen LogP contribution is 2.33. The number of aromatic nitrogens is 2. The predicted molar refractivity (Wildman–Crippen MR) is 71.1 cm³/mol. The van der Waals surface area contributed by atoms with Gasteiger partial charge in [0.25, 0.3) is 0 Å². The molecule has 96 valence electrons. The summed E-state index contributed by atoms with van der Waals surface area (Å²) >= 11 is 1.41. The molecule has 0 atom stereocenters. The second kappa shape index (κ2) is 4.72. The number of nitrogens with zero attached hydrogens (tertiary/aromatic N) is 2. The summed E-state index contributed by atoms with van der Waals surface area (Å²) in [7, 11) is 1.41. The Hall–Kier alpha value is -1.36. The van der Waals surface area contributed by atoms with E-state index in [0.29, 0.717) is 10.9 Å². The van der Waals surface area contributed by atoms with Gasteiger partial charge in [-0.05, 0) is 18.9 Å². The summed E-state index contributed by atoms with van der Waals surface area (Å²) in [6.45, 7) is 0. The minimum absolute atomic E-state index is 0.270. The van der Waals surface area contributed by atoms with Gasteiger partial charge in [0.15, 0.2) is 0 Å². The first-order chi connectivity index (χ1) is 8.79. The van der Waals surface area contributed by atoms with Crippen molar-refractivity contribution in [1.82, 2.24) is 9.55 Å². The molecule has 1 fully saturated rings. The number of hydrogen-bond acceptors (Lipinski definition) is 4. The monoisotopic (exact) mass is 264 g/mol. The Morgan fingerprint density at radius 1 is 1.44 bits per heavy atom. The Kier molecular flexibility index (Phi) is 3.07. The maximum Gasteiger partial charge on any atom is 0.348 e. The molecule has 0 unspecified atom stereocenters. The molecule has 0 aliphatic heterocycles. The van der Waals surface area contributed by atoms with E-state index in [1.165, 1.54) is 50.6 Å². The van der Waals surface area contributed by atoms with Gasteiger partial charge in [-0.2, -0.15) is 0 Å². The van der Waals surface area contributed by atoms with Crippen LogP contribution in [0.5, 0.6) is 0 Å². The fraction of sp³-hybridized carbons (Fsp3) is 0.538. The third-order valence-electron chi connectivity index (χ3n) is 3.63. The first kappa shape index (κ1) is 11.7. The van der Waals surface area contributed by atoms with Crippen LogP contribution in [-0.4, -0.2) is 22.6 Å². The standard InChI is InChI=1S/C13H16N2O2S/c1-17-13(16)11-7-10-12(18-11)14-8-15(10)9-5-3-2-4-6-9/h7-9H,2-6H2,1H3. The van der Waals surface area contributed by atoms with Crippen molar-refractivity contribution in [2.75, 3.05) is 7.11 Å². The third kappa shape index (κ3) is 1.92. The van der Waals surface area contributed by atoms with Crippen LogP contribution in [0.15, 0.2) is 12.4 Å². The molecule has 0 spiro atoms. The number of fused-ring (bicyclic) bond motifs is 1. The number of carbonyl (C=O) groups excluding carboxylic acids is 1. The molecule has 0 bridgehead atoms. The summed E-state index contributed by atoms with van der Waals surface area (Å²) in [5.74, 6) is -0.270. The van der Waals surface area contributed by atoms with Crippen molar-refractivity contribution in [3.63, 3.8) is 0 Å². The van der Waals surface area contributed by atoms with E-state index in [4.69, 9.17) is 4.74 Å². The summed E-state index contributed by atoms with van der Waals surface area (Å²) in [5.41, 5.74) is 1.08. The van der Waals surface area contributed by atoms with Crippen LogP contribution in [0.3, 0.4) is 0 Å². The number of esters is 1. The van der Waals surface area contributed by atoms with Crippen LogP contribution >= 0.6 is 11.3 Å². The Labute approximate surface area is 110 Å². The van der Waals surface area contributed by atoms with E-state index in [0.717, 1.165) is 10.3 Å². The van der Waals surface area contributed by atoms with Crippen LogP contribution in [0, 0.1) is 0 Å². The highest BCUT2D eigenvalue weighted by Gasteiger charge is 2.20. The van der Waals surface area contributed by atoms with E-state index in [9.17, 15) is 4.79 Å². The number of ether oxygens (including phenoxy) is 1. The van der Waals surface area contributed by atoms with E-state index in [-0.39, 0.29) is 5.97 Å². The lowest BCUT2D eigenvalue weighted by Crippen LogP contribution is -2.11. The molecule has 0 N–H and O–H groups in total. The largest absolute Gasteiger partial charge is 0.465 e. The topological polar surface area (TPSA) is 44.1 Å². The second-order valence-electron chi connectivity index (χ2n) is 4.74. The highest BCUT2D eigenvalue weighted by atomic mass is 32.1. The molecule has 0 aromatic carbocycles. The molecule has 4 nitrogen and oxygen atoms in total. The maximum absolute atomic E-state index is 11.5. The summed E-state index contributed by atoms with van der Waals surface area (Å²) in [6.07, 6.45) is 8.27. The first-order valence-electron chi connectivity index (χ1n) is 6.34. The van der Waals surface area contributed by atoms with Gasteiger partial charge in [0.1, 0.15) is 9.71 Å². The molecule has 18 heavy (non-hydrogen) atoms. The molecule has 1 aliphatic rings. The molecule has 3 rings (SSSR count). The van der Waals surface area contributed by atoms with Crippen LogP contribution in [-0.2, 0) is 4.74 Å². The zero-order chi connectivity index (χ0) is 12.5. The number of thiophene rings is 1. The minimum atomic E-state index is -0.270. The number of carbonyl (C=O) groups is 1. The van der Waals surface area contributed by atoms with Gasteiger partial charge in [0.2, 0.25) is 0 Å². The average molecular weight is 264 g/mol. The molecular formula is C13H16N2O2S. The average Bonchev–Trinajstić information content (AvgIpc) is 2.98. The first-order valence-corrected chi connectivity index (χ1v) is 7.16. The van der Waals surface area contributed by atoms with Gasteiger partial charge in [-0.25, -0.2) is 9.78 Å². The number of methoxy groups -OCH3 is 1. The Bertz CT molecular complexity index is 567. The number of imidazole rings is 1. The van der Waals surface area contributed by atoms with Gasteiger partial charge in [0, 0.05) is 6.04 Å². The van der Waals surface area contributed by atoms with E-state index in [1.54, 1.807) is 0 Å². The molecule has 1 saturated carbocycles. The van der Waals surface area contributed by atoms with E-state index >= 15 is 0 Å². The molecule has 5 heteroatoms. The van der Waals surface area contributed by atoms with Crippen LogP contribution in [0.2, 0.25) is 0 Å². The van der Waals surface area contributed by atoms with Crippen molar-refractivity contribution in [3.8, 4) is 0 Å². The van der Waals surface area contributed by atoms with E-state index in [1.807, 2.05) is 12.4 Å². The third-order valence-corrected chi connectivity index (χ3v) is 4.64. The lowest BCUT2D eigenvalue weighted by atomic mass is 9.95. The summed E-state index contributed by atoms with van der Waals surface area (Å²) in [5, 5.41) is 0. The smallest absolute Gasteiger partial charge is 0.348 e. The predicted octanol–water partition coefficient (Wildman–Crippen LogP) is 3.39. The van der Waals surface area contributed by atoms with Gasteiger partial charge in [-0.1, -0.05) is 19.3 Å². The van der Waals surface area contributed by atoms with Crippen molar-refractivity contribution < 1.29 is 9.53 Å². The van der Waals surface area contributed by atoms with Crippen molar-refractivity contribution in [2.24, 2.45) is 0 Å². The molecule has 1 aliphatic carbocycles. The van der Waals surface area contributed by atoms with Crippen LogP contribution in [0.25, 0.3) is 10.3 Å². The molecule has 2 heterocycles. The second-order valence-corrected chi connectivity index (χ2v) is 5.77. The zero-order valence-electron chi connectivity index (χ0n) is 10.4. The van der Waals surface area contributed by atoms with Crippen molar-refractivity contribution in [2.45, 2.75) is 38.1 Å². The quantitative estimate of drug-likeness (QED) is 0.781. The highest BCUT2D eigenvalue weighted by molar-refractivity contribution is 7.20. The summed E-state index contributed by atoms with van der Waals surface area (Å²) in [4.78, 5) is 17.5. The van der Waals surface area contributed by atoms with Gasteiger partial charge >= 0.3 is 5.97 Å². The van der Waals surface area contributed by atoms with Crippen molar-refractivity contribution >= 4 is 27.7 Å². The summed E-state index contributed by atoms with van der Waals surface area (Å²) < 4.78 is 6.99. The molecular weight excluding hydrogens is 248 g/mol. The lowest BCUT2D eigenvalue weighted by molar-refractivity contribution is 0.0606. The Balaban J connectivity index is 1.97. The molecule has 2 aromatic heterocycles. The molecule has 0 radical (unpaired) electrons. The Morgan fingerprint density at radius 2 is 2.22 bits per heavy atom. The fourth-order valence-electron chi connectivity index (χ4n) is 2.68.